The first-order chi connectivity index (χ1) is 12.7. The molecule has 1 fully saturated rings. The molecule has 0 unspecified atom stereocenters. The molecule has 1 N–H and O–H groups in total. The summed E-state index contributed by atoms with van der Waals surface area (Å²) in [5, 5.41) is 11.6. The van der Waals surface area contributed by atoms with E-state index in [0.717, 1.165) is 18.4 Å². The number of likely N-dealkylation sites (tertiary alicyclic amines) is 1. The fourth-order valence-electron chi connectivity index (χ4n) is 2.97. The number of amides is 1. The zero-order chi connectivity index (χ0) is 18.4. The third-order valence-electron chi connectivity index (χ3n) is 4.37. The quantitative estimate of drug-likeness (QED) is 0.846. The predicted octanol–water partition coefficient (Wildman–Crippen LogP) is 2.46. The lowest BCUT2D eigenvalue weighted by Gasteiger charge is -2.31. The molecule has 1 aromatic carbocycles. The highest BCUT2D eigenvalue weighted by Gasteiger charge is 2.23. The van der Waals surface area contributed by atoms with Crippen molar-refractivity contribution in [2.45, 2.75) is 32.4 Å². The molecule has 1 saturated heterocycles. The number of nitrogens with one attached hydrogen (secondary N) is 1. The first-order valence-electron chi connectivity index (χ1n) is 8.82. The monoisotopic (exact) mass is 360 g/mol. The van der Waals surface area contributed by atoms with Crippen LogP contribution in [-0.4, -0.2) is 54.0 Å². The normalized spacial score (nSPS) is 15.1. The third-order valence-corrected chi connectivity index (χ3v) is 4.37. The number of hydrogen-bond donors (Lipinski definition) is 1. The SMILES string of the molecule is CCOC(=O)N1CCC(NCc2nnc(-c3ccccc3OC)o2)CC1. The van der Waals surface area contributed by atoms with E-state index in [-0.39, 0.29) is 6.09 Å². The number of carbonyl (C=O) groups excluding carboxylic acids is 1. The summed E-state index contributed by atoms with van der Waals surface area (Å²) in [6, 6.07) is 7.84. The minimum absolute atomic E-state index is 0.232. The molecule has 140 valence electrons. The van der Waals surface area contributed by atoms with Crippen molar-refractivity contribution in [1.82, 2.24) is 20.4 Å². The minimum atomic E-state index is -0.232. The van der Waals surface area contributed by atoms with Gasteiger partial charge in [0, 0.05) is 19.1 Å². The molecule has 1 aromatic heterocycles. The Balaban J connectivity index is 1.51. The summed E-state index contributed by atoms with van der Waals surface area (Å²) in [5.41, 5.74) is 0.775. The number of benzene rings is 1. The molecule has 0 aliphatic carbocycles. The van der Waals surface area contributed by atoms with Gasteiger partial charge in [0.1, 0.15) is 5.75 Å². The van der Waals surface area contributed by atoms with Gasteiger partial charge >= 0.3 is 6.09 Å². The zero-order valence-corrected chi connectivity index (χ0v) is 15.1. The van der Waals surface area contributed by atoms with Crippen LogP contribution >= 0.6 is 0 Å². The number of piperidine rings is 1. The largest absolute Gasteiger partial charge is 0.496 e. The van der Waals surface area contributed by atoms with E-state index in [1.165, 1.54) is 0 Å². The van der Waals surface area contributed by atoms with Crippen LogP contribution in [0.15, 0.2) is 28.7 Å². The van der Waals surface area contributed by atoms with Gasteiger partial charge in [-0.1, -0.05) is 12.1 Å². The van der Waals surface area contributed by atoms with Crippen LogP contribution in [0.2, 0.25) is 0 Å². The van der Waals surface area contributed by atoms with Gasteiger partial charge in [-0.05, 0) is 31.9 Å². The van der Waals surface area contributed by atoms with Crippen molar-refractivity contribution in [3.63, 3.8) is 0 Å². The maximum atomic E-state index is 11.7. The highest BCUT2D eigenvalue weighted by atomic mass is 16.6. The van der Waals surface area contributed by atoms with Crippen molar-refractivity contribution in [1.29, 1.82) is 0 Å². The molecule has 26 heavy (non-hydrogen) atoms. The summed E-state index contributed by atoms with van der Waals surface area (Å²) in [7, 11) is 1.61. The van der Waals surface area contributed by atoms with Crippen molar-refractivity contribution in [2.75, 3.05) is 26.8 Å². The molecule has 2 heterocycles. The van der Waals surface area contributed by atoms with Gasteiger partial charge in [-0.2, -0.15) is 0 Å². The lowest BCUT2D eigenvalue weighted by atomic mass is 10.1. The maximum absolute atomic E-state index is 11.7. The third kappa shape index (κ3) is 4.32. The fourth-order valence-corrected chi connectivity index (χ4v) is 2.97. The topological polar surface area (TPSA) is 89.7 Å². The molecule has 1 aliphatic rings. The summed E-state index contributed by atoms with van der Waals surface area (Å²) in [6.45, 7) is 4.09. The highest BCUT2D eigenvalue weighted by molar-refractivity contribution is 5.67. The van der Waals surface area contributed by atoms with Crippen LogP contribution in [0.4, 0.5) is 4.79 Å². The highest BCUT2D eigenvalue weighted by Crippen LogP contribution is 2.28. The summed E-state index contributed by atoms with van der Waals surface area (Å²) in [5.74, 6) is 1.66. The van der Waals surface area contributed by atoms with E-state index in [2.05, 4.69) is 15.5 Å². The van der Waals surface area contributed by atoms with Crippen molar-refractivity contribution in [3.8, 4) is 17.2 Å². The van der Waals surface area contributed by atoms with Crippen LogP contribution in [-0.2, 0) is 11.3 Å². The Morgan fingerprint density at radius 2 is 2.08 bits per heavy atom. The van der Waals surface area contributed by atoms with E-state index in [0.29, 0.717) is 49.8 Å². The molecule has 1 amide bonds. The fraction of sp³-hybridized carbons (Fsp3) is 0.500. The van der Waals surface area contributed by atoms with Crippen LogP contribution in [0.25, 0.3) is 11.5 Å². The van der Waals surface area contributed by atoms with Gasteiger partial charge in [0.15, 0.2) is 0 Å². The Morgan fingerprint density at radius 3 is 2.81 bits per heavy atom. The Hall–Kier alpha value is -2.61. The van der Waals surface area contributed by atoms with E-state index in [1.54, 1.807) is 12.0 Å². The second-order valence-corrected chi connectivity index (χ2v) is 6.04. The van der Waals surface area contributed by atoms with Gasteiger partial charge in [0.25, 0.3) is 5.89 Å². The molecule has 0 bridgehead atoms. The Labute approximate surface area is 152 Å². The van der Waals surface area contributed by atoms with Crippen LogP contribution in [0.5, 0.6) is 5.75 Å². The molecule has 8 heteroatoms. The second-order valence-electron chi connectivity index (χ2n) is 6.04. The Kier molecular flexibility index (Phi) is 6.06. The first kappa shape index (κ1) is 18.2. The van der Waals surface area contributed by atoms with Gasteiger partial charge < -0.3 is 24.1 Å². The van der Waals surface area contributed by atoms with Gasteiger partial charge in [-0.3, -0.25) is 0 Å². The predicted molar refractivity (Wildman–Crippen MR) is 94.7 cm³/mol. The van der Waals surface area contributed by atoms with Gasteiger partial charge in [-0.25, -0.2) is 4.79 Å². The van der Waals surface area contributed by atoms with Gasteiger partial charge in [0.05, 0.1) is 25.8 Å². The van der Waals surface area contributed by atoms with Crippen molar-refractivity contribution >= 4 is 6.09 Å². The number of para-hydroxylation sites is 1. The molecule has 8 nitrogen and oxygen atoms in total. The van der Waals surface area contributed by atoms with E-state index in [9.17, 15) is 4.79 Å². The molecule has 0 saturated carbocycles. The van der Waals surface area contributed by atoms with Crippen molar-refractivity contribution in [2.24, 2.45) is 0 Å². The molecule has 0 spiro atoms. The average molecular weight is 360 g/mol. The van der Waals surface area contributed by atoms with E-state index < -0.39 is 0 Å². The Morgan fingerprint density at radius 1 is 1.31 bits per heavy atom. The summed E-state index contributed by atoms with van der Waals surface area (Å²) in [4.78, 5) is 13.5. The number of hydrogen-bond acceptors (Lipinski definition) is 7. The standard InChI is InChI=1S/C18H24N4O4/c1-3-25-18(23)22-10-8-13(9-11-22)19-12-16-20-21-17(26-16)14-6-4-5-7-15(14)24-2/h4-7,13,19H,3,8-12H2,1-2H3. The van der Waals surface area contributed by atoms with E-state index in [4.69, 9.17) is 13.9 Å². The first-order valence-corrected chi connectivity index (χ1v) is 8.82. The number of nitrogens with zero attached hydrogens (tertiary/aromatic N) is 3. The number of aromatic nitrogens is 2. The van der Waals surface area contributed by atoms with Crippen LogP contribution in [0, 0.1) is 0 Å². The molecule has 2 aromatic rings. The summed E-state index contributed by atoms with van der Waals surface area (Å²) in [6.07, 6.45) is 1.50. The molecular formula is C18H24N4O4. The van der Waals surface area contributed by atoms with Crippen LogP contribution in [0.3, 0.4) is 0 Å². The van der Waals surface area contributed by atoms with Gasteiger partial charge in [-0.15, -0.1) is 10.2 Å². The number of methoxy groups -OCH3 is 1. The molecule has 3 rings (SSSR count). The number of carbonyl (C=O) groups is 1. The maximum Gasteiger partial charge on any atom is 0.409 e. The molecule has 0 atom stereocenters. The van der Waals surface area contributed by atoms with Crippen molar-refractivity contribution in [3.05, 3.63) is 30.2 Å². The summed E-state index contributed by atoms with van der Waals surface area (Å²) >= 11 is 0. The molecule has 1 aliphatic heterocycles. The second kappa shape index (κ2) is 8.66. The number of rotatable bonds is 6. The number of ether oxygens (including phenoxy) is 2. The minimum Gasteiger partial charge on any atom is -0.496 e. The molecule has 0 radical (unpaired) electrons. The van der Waals surface area contributed by atoms with Crippen LogP contribution < -0.4 is 10.1 Å². The zero-order valence-electron chi connectivity index (χ0n) is 15.1. The van der Waals surface area contributed by atoms with E-state index in [1.807, 2.05) is 31.2 Å². The van der Waals surface area contributed by atoms with Crippen LogP contribution in [0.1, 0.15) is 25.7 Å². The average Bonchev–Trinajstić information content (AvgIpc) is 3.16. The lowest BCUT2D eigenvalue weighted by Crippen LogP contribution is -2.44. The van der Waals surface area contributed by atoms with Gasteiger partial charge in [0.2, 0.25) is 5.89 Å². The van der Waals surface area contributed by atoms with Crippen molar-refractivity contribution < 1.29 is 18.7 Å². The lowest BCUT2D eigenvalue weighted by molar-refractivity contribution is 0.0948. The Bertz CT molecular complexity index is 725. The summed E-state index contributed by atoms with van der Waals surface area (Å²) < 4.78 is 16.1. The molecular weight excluding hydrogens is 336 g/mol. The van der Waals surface area contributed by atoms with E-state index >= 15 is 0 Å². The smallest absolute Gasteiger partial charge is 0.409 e.